The number of allylic oxidation sites excluding steroid dienone is 1. The first-order chi connectivity index (χ1) is 10.8. The number of nitrogens with zero attached hydrogens (tertiary/aromatic N) is 3. The maximum atomic E-state index is 5.54. The Morgan fingerprint density at radius 2 is 2.09 bits per heavy atom. The van der Waals surface area contributed by atoms with Gasteiger partial charge in [-0.2, -0.15) is 5.10 Å². The lowest BCUT2D eigenvalue weighted by molar-refractivity contribution is 0.406. The highest BCUT2D eigenvalue weighted by Crippen LogP contribution is 2.33. The Morgan fingerprint density at radius 1 is 1.27 bits per heavy atom. The predicted molar refractivity (Wildman–Crippen MR) is 87.9 cm³/mol. The Balaban J connectivity index is 1.94. The number of rotatable bonds is 5. The highest BCUT2D eigenvalue weighted by atomic mass is 16.5. The highest BCUT2D eigenvalue weighted by Gasteiger charge is 2.16. The van der Waals surface area contributed by atoms with Crippen molar-refractivity contribution >= 4 is 6.08 Å². The minimum absolute atomic E-state index is 0.803. The fourth-order valence-electron chi connectivity index (χ4n) is 3.19. The van der Waals surface area contributed by atoms with E-state index in [-0.39, 0.29) is 0 Å². The topological polar surface area (TPSA) is 39.9 Å². The van der Waals surface area contributed by atoms with Crippen molar-refractivity contribution in [3.05, 3.63) is 47.1 Å². The molecule has 4 nitrogen and oxygen atoms in total. The highest BCUT2D eigenvalue weighted by molar-refractivity contribution is 5.62. The van der Waals surface area contributed by atoms with E-state index in [1.54, 1.807) is 19.8 Å². The Labute approximate surface area is 131 Å². The van der Waals surface area contributed by atoms with Crippen molar-refractivity contribution in [2.45, 2.75) is 45.6 Å². The summed E-state index contributed by atoms with van der Waals surface area (Å²) in [5.74, 6) is 1.04. The van der Waals surface area contributed by atoms with E-state index in [1.807, 2.05) is 4.68 Å². The standard InChI is InChI=1S/C18H23N3O/c1-3-14(11-21-13-19-12-20-21)10-15-8-9-18(22-2)17-7-5-4-6-16(15)17/h8-10,12-13H,3-7,11H2,1-2H3/b14-10-. The molecule has 0 saturated heterocycles. The van der Waals surface area contributed by atoms with Crippen molar-refractivity contribution in [1.82, 2.24) is 14.8 Å². The summed E-state index contributed by atoms with van der Waals surface area (Å²) in [7, 11) is 1.77. The molecule has 1 aliphatic carbocycles. The predicted octanol–water partition coefficient (Wildman–Crippen LogP) is 3.66. The lowest BCUT2D eigenvalue weighted by Gasteiger charge is -2.21. The molecule has 116 valence electrons. The van der Waals surface area contributed by atoms with Gasteiger partial charge in [0.2, 0.25) is 0 Å². The molecule has 2 aromatic rings. The maximum Gasteiger partial charge on any atom is 0.137 e. The first kappa shape index (κ1) is 14.8. The van der Waals surface area contributed by atoms with Gasteiger partial charge in [-0.25, -0.2) is 9.67 Å². The Bertz CT molecular complexity index is 659. The second-order valence-corrected chi connectivity index (χ2v) is 5.77. The van der Waals surface area contributed by atoms with E-state index in [0.29, 0.717) is 0 Å². The Morgan fingerprint density at radius 3 is 2.77 bits per heavy atom. The van der Waals surface area contributed by atoms with Gasteiger partial charge in [0.05, 0.1) is 13.7 Å². The number of ether oxygens (including phenoxy) is 1. The number of hydrogen-bond donors (Lipinski definition) is 0. The Kier molecular flexibility index (Phi) is 4.56. The van der Waals surface area contributed by atoms with Crippen LogP contribution in [0.25, 0.3) is 6.08 Å². The smallest absolute Gasteiger partial charge is 0.137 e. The van der Waals surface area contributed by atoms with Gasteiger partial charge in [-0.3, -0.25) is 0 Å². The maximum absolute atomic E-state index is 5.54. The van der Waals surface area contributed by atoms with Crippen LogP contribution in [0.5, 0.6) is 5.75 Å². The largest absolute Gasteiger partial charge is 0.496 e. The molecule has 0 fully saturated rings. The van der Waals surface area contributed by atoms with Crippen molar-refractivity contribution in [3.8, 4) is 5.75 Å². The molecule has 4 heteroatoms. The van der Waals surface area contributed by atoms with Crippen LogP contribution in [0.3, 0.4) is 0 Å². The molecule has 0 atom stereocenters. The van der Waals surface area contributed by atoms with Crippen LogP contribution >= 0.6 is 0 Å². The minimum atomic E-state index is 0.803. The number of aromatic nitrogens is 3. The SMILES string of the molecule is CC/C(=C/c1ccc(OC)c2c1CCCC2)Cn1cncn1. The molecule has 0 bridgehead atoms. The lowest BCUT2D eigenvalue weighted by atomic mass is 9.87. The molecule has 0 spiro atoms. The molecule has 1 aliphatic rings. The summed E-state index contributed by atoms with van der Waals surface area (Å²) in [4.78, 5) is 4.02. The van der Waals surface area contributed by atoms with Crippen molar-refractivity contribution in [2.75, 3.05) is 7.11 Å². The van der Waals surface area contributed by atoms with Crippen molar-refractivity contribution in [3.63, 3.8) is 0 Å². The molecule has 0 saturated carbocycles. The average Bonchev–Trinajstić information content (AvgIpc) is 3.07. The van der Waals surface area contributed by atoms with Crippen LogP contribution in [0.2, 0.25) is 0 Å². The van der Waals surface area contributed by atoms with Gasteiger partial charge < -0.3 is 4.74 Å². The van der Waals surface area contributed by atoms with Gasteiger partial charge in [0.1, 0.15) is 18.4 Å². The van der Waals surface area contributed by atoms with E-state index in [0.717, 1.165) is 31.6 Å². The summed E-state index contributed by atoms with van der Waals surface area (Å²) in [6, 6.07) is 4.30. The van der Waals surface area contributed by atoms with Crippen molar-refractivity contribution in [1.29, 1.82) is 0 Å². The normalized spacial score (nSPS) is 14.7. The fraction of sp³-hybridized carbons (Fsp3) is 0.444. The van der Waals surface area contributed by atoms with E-state index >= 15 is 0 Å². The van der Waals surface area contributed by atoms with E-state index in [2.05, 4.69) is 35.2 Å². The summed E-state index contributed by atoms with van der Waals surface area (Å²) < 4.78 is 7.42. The van der Waals surface area contributed by atoms with Gasteiger partial charge in [-0.15, -0.1) is 0 Å². The van der Waals surface area contributed by atoms with E-state index in [9.17, 15) is 0 Å². The van der Waals surface area contributed by atoms with Crippen molar-refractivity contribution in [2.24, 2.45) is 0 Å². The van der Waals surface area contributed by atoms with Gasteiger partial charge in [-0.1, -0.05) is 19.1 Å². The van der Waals surface area contributed by atoms with Gasteiger partial charge in [0.15, 0.2) is 0 Å². The summed E-state index contributed by atoms with van der Waals surface area (Å²) in [5.41, 5.74) is 5.57. The summed E-state index contributed by atoms with van der Waals surface area (Å²) in [5, 5.41) is 4.21. The molecule has 0 aliphatic heterocycles. The van der Waals surface area contributed by atoms with Gasteiger partial charge in [0, 0.05) is 0 Å². The zero-order valence-electron chi connectivity index (χ0n) is 13.4. The molecule has 0 N–H and O–H groups in total. The van der Waals surface area contributed by atoms with Crippen LogP contribution in [-0.2, 0) is 19.4 Å². The monoisotopic (exact) mass is 297 g/mol. The second-order valence-electron chi connectivity index (χ2n) is 5.77. The molecule has 1 heterocycles. The number of methoxy groups -OCH3 is 1. The summed E-state index contributed by atoms with van der Waals surface area (Å²) in [6.45, 7) is 3.00. The molecule has 0 amide bonds. The molecule has 0 unspecified atom stereocenters. The van der Waals surface area contributed by atoms with Crippen LogP contribution in [0.1, 0.15) is 42.9 Å². The van der Waals surface area contributed by atoms with E-state index in [4.69, 9.17) is 4.74 Å². The summed E-state index contributed by atoms with van der Waals surface area (Å²) >= 11 is 0. The molecule has 22 heavy (non-hydrogen) atoms. The van der Waals surface area contributed by atoms with E-state index in [1.165, 1.54) is 35.1 Å². The van der Waals surface area contributed by atoms with Gasteiger partial charge >= 0.3 is 0 Å². The Hall–Kier alpha value is -2.10. The quantitative estimate of drug-likeness (QED) is 0.845. The molecule has 3 rings (SSSR count). The third-order valence-corrected chi connectivity index (χ3v) is 4.39. The van der Waals surface area contributed by atoms with Crippen LogP contribution in [0, 0.1) is 0 Å². The third kappa shape index (κ3) is 3.06. The first-order valence-corrected chi connectivity index (χ1v) is 8.02. The van der Waals surface area contributed by atoms with Crippen LogP contribution < -0.4 is 4.74 Å². The molecular formula is C18H23N3O. The fourth-order valence-corrected chi connectivity index (χ4v) is 3.19. The number of fused-ring (bicyclic) bond motifs is 1. The number of benzene rings is 1. The minimum Gasteiger partial charge on any atom is -0.496 e. The zero-order valence-corrected chi connectivity index (χ0v) is 13.4. The van der Waals surface area contributed by atoms with Crippen LogP contribution in [0.15, 0.2) is 30.4 Å². The first-order valence-electron chi connectivity index (χ1n) is 8.02. The number of hydrogen-bond acceptors (Lipinski definition) is 3. The van der Waals surface area contributed by atoms with Gasteiger partial charge in [-0.05, 0) is 60.4 Å². The molecule has 1 aromatic carbocycles. The lowest BCUT2D eigenvalue weighted by Crippen LogP contribution is -2.07. The molecule has 0 radical (unpaired) electrons. The zero-order chi connectivity index (χ0) is 15.4. The van der Waals surface area contributed by atoms with Crippen LogP contribution in [0.4, 0.5) is 0 Å². The van der Waals surface area contributed by atoms with Crippen LogP contribution in [-0.4, -0.2) is 21.9 Å². The average molecular weight is 297 g/mol. The summed E-state index contributed by atoms with van der Waals surface area (Å²) in [6.07, 6.45) is 11.5. The molecule has 1 aromatic heterocycles. The third-order valence-electron chi connectivity index (χ3n) is 4.39. The van der Waals surface area contributed by atoms with Crippen molar-refractivity contribution < 1.29 is 4.74 Å². The van der Waals surface area contributed by atoms with Gasteiger partial charge in [0.25, 0.3) is 0 Å². The molecular weight excluding hydrogens is 274 g/mol. The van der Waals surface area contributed by atoms with E-state index < -0.39 is 0 Å². The second kappa shape index (κ2) is 6.77.